The molecule has 1 rings (SSSR count). The van der Waals surface area contributed by atoms with Crippen LogP contribution in [0.15, 0.2) is 0 Å². The Hall–Kier alpha value is -0.610. The van der Waals surface area contributed by atoms with Crippen molar-refractivity contribution in [2.75, 3.05) is 26.3 Å². The monoisotopic (exact) mass is 214 g/mol. The Bertz CT molecular complexity index is 197. The zero-order valence-electron chi connectivity index (χ0n) is 9.71. The Labute approximate surface area is 91.8 Å². The third-order valence-corrected chi connectivity index (χ3v) is 2.71. The van der Waals surface area contributed by atoms with Crippen molar-refractivity contribution in [3.63, 3.8) is 0 Å². The summed E-state index contributed by atoms with van der Waals surface area (Å²) in [6, 6.07) is 0.191. The van der Waals surface area contributed by atoms with Gasteiger partial charge in [-0.1, -0.05) is 20.3 Å². The maximum atomic E-state index is 11.8. The van der Waals surface area contributed by atoms with Crippen molar-refractivity contribution < 1.29 is 9.53 Å². The fourth-order valence-electron chi connectivity index (χ4n) is 1.80. The van der Waals surface area contributed by atoms with Crippen LogP contribution in [0, 0.1) is 5.92 Å². The first kappa shape index (κ1) is 12.5. The molecule has 1 saturated heterocycles. The molecular formula is C11H22N2O2. The Morgan fingerprint density at radius 1 is 1.40 bits per heavy atom. The van der Waals surface area contributed by atoms with Gasteiger partial charge in [-0.25, -0.2) is 0 Å². The maximum absolute atomic E-state index is 11.8. The number of unbranched alkanes of at least 4 members (excludes halogenated alkanes) is 1. The molecular weight excluding hydrogens is 192 g/mol. The summed E-state index contributed by atoms with van der Waals surface area (Å²) in [5, 5.41) is 6.24. The molecule has 88 valence electrons. The van der Waals surface area contributed by atoms with E-state index in [2.05, 4.69) is 17.6 Å². The number of rotatable bonds is 6. The first-order valence-electron chi connectivity index (χ1n) is 5.88. The van der Waals surface area contributed by atoms with Crippen molar-refractivity contribution in [1.29, 1.82) is 0 Å². The van der Waals surface area contributed by atoms with E-state index in [4.69, 9.17) is 4.74 Å². The molecule has 0 saturated carbocycles. The average Bonchev–Trinajstić information content (AvgIpc) is 2.67. The molecule has 0 aliphatic carbocycles. The van der Waals surface area contributed by atoms with Crippen molar-refractivity contribution in [3.8, 4) is 0 Å². The van der Waals surface area contributed by atoms with Crippen LogP contribution in [0.2, 0.25) is 0 Å². The molecule has 1 aliphatic heterocycles. The van der Waals surface area contributed by atoms with E-state index in [9.17, 15) is 4.79 Å². The predicted molar refractivity (Wildman–Crippen MR) is 59.7 cm³/mol. The summed E-state index contributed by atoms with van der Waals surface area (Å²) in [5.41, 5.74) is 0. The summed E-state index contributed by atoms with van der Waals surface area (Å²) in [6.45, 7) is 7.03. The Morgan fingerprint density at radius 3 is 2.87 bits per heavy atom. The third-order valence-electron chi connectivity index (χ3n) is 2.71. The molecule has 0 bridgehead atoms. The molecule has 4 nitrogen and oxygen atoms in total. The molecule has 2 unspecified atom stereocenters. The van der Waals surface area contributed by atoms with Gasteiger partial charge in [0.2, 0.25) is 5.91 Å². The zero-order valence-corrected chi connectivity index (χ0v) is 9.71. The number of carbonyl (C=O) groups is 1. The molecule has 2 N–H and O–H groups in total. The fourth-order valence-corrected chi connectivity index (χ4v) is 1.80. The van der Waals surface area contributed by atoms with E-state index < -0.39 is 0 Å². The van der Waals surface area contributed by atoms with Crippen LogP contribution in [-0.2, 0) is 9.53 Å². The van der Waals surface area contributed by atoms with E-state index in [1.165, 1.54) is 0 Å². The van der Waals surface area contributed by atoms with Gasteiger partial charge in [-0.15, -0.1) is 0 Å². The second-order valence-electron chi connectivity index (χ2n) is 3.95. The van der Waals surface area contributed by atoms with E-state index in [0.29, 0.717) is 13.2 Å². The van der Waals surface area contributed by atoms with Gasteiger partial charge < -0.3 is 15.4 Å². The molecule has 0 aromatic carbocycles. The summed E-state index contributed by atoms with van der Waals surface area (Å²) >= 11 is 0. The maximum Gasteiger partial charge on any atom is 0.227 e. The number of likely N-dealkylation sites (N-methyl/N-ethyl adjacent to an activating group) is 1. The average molecular weight is 214 g/mol. The lowest BCUT2D eigenvalue weighted by Gasteiger charge is -2.17. The van der Waals surface area contributed by atoms with E-state index in [1.807, 2.05) is 6.92 Å². The van der Waals surface area contributed by atoms with Crippen LogP contribution in [0.4, 0.5) is 0 Å². The highest BCUT2D eigenvalue weighted by Gasteiger charge is 2.32. The van der Waals surface area contributed by atoms with Crippen LogP contribution in [0.25, 0.3) is 0 Å². The number of hydrogen-bond donors (Lipinski definition) is 2. The van der Waals surface area contributed by atoms with Gasteiger partial charge in [0.1, 0.15) is 0 Å². The summed E-state index contributed by atoms with van der Waals surface area (Å²) in [4.78, 5) is 11.8. The second kappa shape index (κ2) is 6.80. The lowest BCUT2D eigenvalue weighted by Crippen LogP contribution is -2.44. The van der Waals surface area contributed by atoms with Crippen molar-refractivity contribution in [2.24, 2.45) is 5.92 Å². The van der Waals surface area contributed by atoms with Gasteiger partial charge in [0.25, 0.3) is 0 Å². The molecule has 0 radical (unpaired) electrons. The molecule has 1 aliphatic rings. The highest BCUT2D eigenvalue weighted by atomic mass is 16.5. The van der Waals surface area contributed by atoms with Crippen LogP contribution in [0.1, 0.15) is 26.7 Å². The van der Waals surface area contributed by atoms with Crippen molar-refractivity contribution in [2.45, 2.75) is 32.7 Å². The minimum Gasteiger partial charge on any atom is -0.379 e. The van der Waals surface area contributed by atoms with Crippen molar-refractivity contribution >= 4 is 5.91 Å². The molecule has 0 spiro atoms. The van der Waals surface area contributed by atoms with Gasteiger partial charge in [0.05, 0.1) is 19.1 Å². The standard InChI is InChI=1S/C11H22N2O2/c1-3-5-6-13-11(14)9-7-15-8-10(9)12-4-2/h9-10,12H,3-8H2,1-2H3,(H,13,14). The first-order chi connectivity index (χ1) is 7.29. The fraction of sp³-hybridized carbons (Fsp3) is 0.909. The number of nitrogens with one attached hydrogen (secondary N) is 2. The van der Waals surface area contributed by atoms with E-state index in [0.717, 1.165) is 25.9 Å². The Kier molecular flexibility index (Phi) is 5.65. The minimum atomic E-state index is -0.0122. The van der Waals surface area contributed by atoms with E-state index in [1.54, 1.807) is 0 Å². The van der Waals surface area contributed by atoms with E-state index in [-0.39, 0.29) is 17.9 Å². The van der Waals surface area contributed by atoms with Crippen LogP contribution in [0.5, 0.6) is 0 Å². The number of ether oxygens (including phenoxy) is 1. The van der Waals surface area contributed by atoms with Gasteiger partial charge in [0, 0.05) is 12.6 Å². The summed E-state index contributed by atoms with van der Waals surface area (Å²) < 4.78 is 5.33. The Morgan fingerprint density at radius 2 is 2.20 bits per heavy atom. The smallest absolute Gasteiger partial charge is 0.227 e. The van der Waals surface area contributed by atoms with Crippen molar-refractivity contribution in [1.82, 2.24) is 10.6 Å². The highest BCUT2D eigenvalue weighted by Crippen LogP contribution is 2.13. The molecule has 2 atom stereocenters. The van der Waals surface area contributed by atoms with Gasteiger partial charge in [-0.2, -0.15) is 0 Å². The largest absolute Gasteiger partial charge is 0.379 e. The normalized spacial score (nSPS) is 25.5. The predicted octanol–water partition coefficient (Wildman–Crippen LogP) is 0.527. The third kappa shape index (κ3) is 3.80. The topological polar surface area (TPSA) is 50.4 Å². The quantitative estimate of drug-likeness (QED) is 0.634. The van der Waals surface area contributed by atoms with Gasteiger partial charge in [-0.3, -0.25) is 4.79 Å². The van der Waals surface area contributed by atoms with Gasteiger partial charge >= 0.3 is 0 Å². The number of amides is 1. The molecule has 15 heavy (non-hydrogen) atoms. The molecule has 4 heteroatoms. The number of carbonyl (C=O) groups excluding carboxylic acids is 1. The van der Waals surface area contributed by atoms with Crippen LogP contribution in [0.3, 0.4) is 0 Å². The molecule has 1 amide bonds. The molecule has 1 heterocycles. The number of hydrogen-bond acceptors (Lipinski definition) is 3. The summed E-state index contributed by atoms with van der Waals surface area (Å²) in [5.74, 6) is 0.119. The molecule has 0 aromatic rings. The van der Waals surface area contributed by atoms with Gasteiger partial charge in [0.15, 0.2) is 0 Å². The van der Waals surface area contributed by atoms with Crippen molar-refractivity contribution in [3.05, 3.63) is 0 Å². The lowest BCUT2D eigenvalue weighted by atomic mass is 10.0. The highest BCUT2D eigenvalue weighted by molar-refractivity contribution is 5.79. The summed E-state index contributed by atoms with van der Waals surface area (Å²) in [6.07, 6.45) is 2.16. The minimum absolute atomic E-state index is 0.0122. The first-order valence-corrected chi connectivity index (χ1v) is 5.88. The van der Waals surface area contributed by atoms with E-state index >= 15 is 0 Å². The zero-order chi connectivity index (χ0) is 11.1. The molecule has 0 aromatic heterocycles. The lowest BCUT2D eigenvalue weighted by molar-refractivity contribution is -0.125. The van der Waals surface area contributed by atoms with Crippen LogP contribution < -0.4 is 10.6 Å². The van der Waals surface area contributed by atoms with Gasteiger partial charge in [-0.05, 0) is 13.0 Å². The van der Waals surface area contributed by atoms with Crippen LogP contribution >= 0.6 is 0 Å². The Balaban J connectivity index is 2.30. The SMILES string of the molecule is CCCCNC(=O)C1COCC1NCC. The van der Waals surface area contributed by atoms with Crippen LogP contribution in [-0.4, -0.2) is 38.3 Å². The summed E-state index contributed by atoms with van der Waals surface area (Å²) in [7, 11) is 0. The molecule has 1 fully saturated rings. The second-order valence-corrected chi connectivity index (χ2v) is 3.95.